The third-order valence-electron chi connectivity index (χ3n) is 3.86. The van der Waals surface area contributed by atoms with Gasteiger partial charge in [-0.2, -0.15) is 0 Å². The number of likely N-dealkylation sites (tertiary alicyclic amines) is 1. The fourth-order valence-electron chi connectivity index (χ4n) is 2.67. The molecule has 0 bridgehead atoms. The minimum Gasteiger partial charge on any atom is -0.480 e. The Kier molecular flexibility index (Phi) is 4.77. The van der Waals surface area contributed by atoms with Crippen molar-refractivity contribution < 1.29 is 14.7 Å². The SMILES string of the molecule is Cc1ccc(CNC(=O)N2CCCC(C)C2C(=O)O)cn1. The lowest BCUT2D eigenvalue weighted by molar-refractivity contribution is -0.145. The molecule has 0 aromatic carbocycles. The Morgan fingerprint density at radius 1 is 1.48 bits per heavy atom. The van der Waals surface area contributed by atoms with Gasteiger partial charge in [-0.05, 0) is 37.3 Å². The molecule has 0 spiro atoms. The third-order valence-corrected chi connectivity index (χ3v) is 3.86. The number of nitrogens with one attached hydrogen (secondary N) is 1. The van der Waals surface area contributed by atoms with Gasteiger partial charge in [0.05, 0.1) is 0 Å². The second-order valence-electron chi connectivity index (χ2n) is 5.56. The van der Waals surface area contributed by atoms with Crippen LogP contribution in [0.25, 0.3) is 0 Å². The van der Waals surface area contributed by atoms with Crippen LogP contribution in [0.3, 0.4) is 0 Å². The first-order valence-electron chi connectivity index (χ1n) is 7.18. The molecule has 1 fully saturated rings. The molecule has 6 nitrogen and oxygen atoms in total. The van der Waals surface area contributed by atoms with Crippen molar-refractivity contribution in [2.24, 2.45) is 5.92 Å². The number of piperidine rings is 1. The van der Waals surface area contributed by atoms with E-state index in [0.717, 1.165) is 24.1 Å². The van der Waals surface area contributed by atoms with Crippen molar-refractivity contribution in [2.75, 3.05) is 6.54 Å². The molecule has 0 saturated carbocycles. The highest BCUT2D eigenvalue weighted by Crippen LogP contribution is 2.23. The summed E-state index contributed by atoms with van der Waals surface area (Å²) in [7, 11) is 0. The summed E-state index contributed by atoms with van der Waals surface area (Å²) in [4.78, 5) is 29.2. The zero-order valence-electron chi connectivity index (χ0n) is 12.4. The van der Waals surface area contributed by atoms with E-state index in [0.29, 0.717) is 13.1 Å². The quantitative estimate of drug-likeness (QED) is 0.889. The summed E-state index contributed by atoms with van der Waals surface area (Å²) in [6.07, 6.45) is 3.39. The fourth-order valence-corrected chi connectivity index (χ4v) is 2.67. The van der Waals surface area contributed by atoms with Gasteiger partial charge in [-0.15, -0.1) is 0 Å². The van der Waals surface area contributed by atoms with Crippen LogP contribution < -0.4 is 5.32 Å². The van der Waals surface area contributed by atoms with Gasteiger partial charge in [0.15, 0.2) is 0 Å². The van der Waals surface area contributed by atoms with Crippen LogP contribution in [-0.4, -0.2) is 39.6 Å². The average Bonchev–Trinajstić information content (AvgIpc) is 2.45. The lowest BCUT2D eigenvalue weighted by Crippen LogP contribution is -2.54. The summed E-state index contributed by atoms with van der Waals surface area (Å²) in [6, 6.07) is 2.71. The number of carbonyl (C=O) groups is 2. The van der Waals surface area contributed by atoms with Gasteiger partial charge in [0, 0.05) is 25.0 Å². The lowest BCUT2D eigenvalue weighted by atomic mass is 9.91. The molecule has 2 N–H and O–H groups in total. The van der Waals surface area contributed by atoms with E-state index in [1.54, 1.807) is 6.20 Å². The van der Waals surface area contributed by atoms with Crippen LogP contribution in [0.1, 0.15) is 31.0 Å². The average molecular weight is 291 g/mol. The molecule has 2 atom stereocenters. The molecule has 6 heteroatoms. The zero-order valence-corrected chi connectivity index (χ0v) is 12.4. The van der Waals surface area contributed by atoms with E-state index in [2.05, 4.69) is 10.3 Å². The minimum atomic E-state index is -0.936. The first kappa shape index (κ1) is 15.3. The van der Waals surface area contributed by atoms with Crippen molar-refractivity contribution in [1.29, 1.82) is 0 Å². The molecule has 2 heterocycles. The molecule has 1 aliphatic rings. The number of urea groups is 1. The van der Waals surface area contributed by atoms with Gasteiger partial charge in [0.25, 0.3) is 0 Å². The van der Waals surface area contributed by atoms with E-state index in [1.807, 2.05) is 26.0 Å². The van der Waals surface area contributed by atoms with Gasteiger partial charge in [-0.1, -0.05) is 13.0 Å². The Hall–Kier alpha value is -2.11. The fraction of sp³-hybridized carbons (Fsp3) is 0.533. The van der Waals surface area contributed by atoms with Crippen molar-refractivity contribution >= 4 is 12.0 Å². The number of amides is 2. The van der Waals surface area contributed by atoms with Crippen molar-refractivity contribution in [3.63, 3.8) is 0 Å². The predicted octanol–water partition coefficient (Wildman–Crippen LogP) is 1.78. The van der Waals surface area contributed by atoms with Crippen LogP contribution in [0, 0.1) is 12.8 Å². The normalized spacial score (nSPS) is 21.9. The first-order valence-corrected chi connectivity index (χ1v) is 7.18. The summed E-state index contributed by atoms with van der Waals surface area (Å²) in [5, 5.41) is 12.1. The van der Waals surface area contributed by atoms with Crippen molar-refractivity contribution in [1.82, 2.24) is 15.2 Å². The Labute approximate surface area is 124 Å². The molecule has 1 aliphatic heterocycles. The first-order chi connectivity index (χ1) is 9.99. The summed E-state index contributed by atoms with van der Waals surface area (Å²) < 4.78 is 0. The third kappa shape index (κ3) is 3.71. The summed E-state index contributed by atoms with van der Waals surface area (Å²) in [5.41, 5.74) is 1.81. The van der Waals surface area contributed by atoms with Gasteiger partial charge in [0.1, 0.15) is 6.04 Å². The van der Waals surface area contributed by atoms with Crippen molar-refractivity contribution in [3.05, 3.63) is 29.6 Å². The predicted molar refractivity (Wildman–Crippen MR) is 77.7 cm³/mol. The van der Waals surface area contributed by atoms with Crippen LogP contribution in [0.2, 0.25) is 0 Å². The number of aliphatic carboxylic acids is 1. The minimum absolute atomic E-state index is 0.0250. The van der Waals surface area contributed by atoms with E-state index in [4.69, 9.17) is 0 Å². The number of hydrogen-bond donors (Lipinski definition) is 2. The van der Waals surface area contributed by atoms with Crippen molar-refractivity contribution in [2.45, 2.75) is 39.3 Å². The molecular formula is C15H21N3O3. The number of aromatic nitrogens is 1. The number of hydrogen-bond acceptors (Lipinski definition) is 3. The lowest BCUT2D eigenvalue weighted by Gasteiger charge is -2.37. The Balaban J connectivity index is 1.98. The van der Waals surface area contributed by atoms with E-state index >= 15 is 0 Å². The standard InChI is InChI=1S/C15H21N3O3/c1-10-4-3-7-18(13(10)14(19)20)15(21)17-9-12-6-5-11(2)16-8-12/h5-6,8,10,13H,3-4,7,9H2,1-2H3,(H,17,21)(H,19,20). The maximum atomic E-state index is 12.2. The van der Waals surface area contributed by atoms with Gasteiger partial charge >= 0.3 is 12.0 Å². The Morgan fingerprint density at radius 2 is 2.24 bits per heavy atom. The molecule has 114 valence electrons. The maximum absolute atomic E-state index is 12.2. The zero-order chi connectivity index (χ0) is 15.4. The molecule has 0 aliphatic carbocycles. The van der Waals surface area contributed by atoms with Crippen molar-refractivity contribution in [3.8, 4) is 0 Å². The van der Waals surface area contributed by atoms with Crippen LogP contribution in [0.5, 0.6) is 0 Å². The molecule has 0 radical (unpaired) electrons. The van der Waals surface area contributed by atoms with Gasteiger partial charge in [-0.25, -0.2) is 9.59 Å². The number of nitrogens with zero attached hydrogens (tertiary/aromatic N) is 2. The highest BCUT2D eigenvalue weighted by atomic mass is 16.4. The number of carbonyl (C=O) groups excluding carboxylic acids is 1. The van der Waals surface area contributed by atoms with Gasteiger partial charge in [-0.3, -0.25) is 4.98 Å². The second kappa shape index (κ2) is 6.56. The number of carboxylic acid groups (broad SMARTS) is 1. The highest BCUT2D eigenvalue weighted by Gasteiger charge is 2.36. The summed E-state index contributed by atoms with van der Waals surface area (Å²) in [6.45, 7) is 4.61. The van der Waals surface area contributed by atoms with Gasteiger partial charge < -0.3 is 15.3 Å². The molecule has 1 aromatic rings. The molecule has 2 unspecified atom stereocenters. The van der Waals surface area contributed by atoms with Crippen LogP contribution >= 0.6 is 0 Å². The molecule has 2 rings (SSSR count). The van der Waals surface area contributed by atoms with E-state index < -0.39 is 12.0 Å². The monoisotopic (exact) mass is 291 g/mol. The number of carboxylic acids is 1. The van der Waals surface area contributed by atoms with E-state index in [-0.39, 0.29) is 11.9 Å². The number of rotatable bonds is 3. The van der Waals surface area contributed by atoms with Crippen LogP contribution in [-0.2, 0) is 11.3 Å². The summed E-state index contributed by atoms with van der Waals surface area (Å²) in [5.74, 6) is -0.961. The molecule has 1 aromatic heterocycles. The van der Waals surface area contributed by atoms with Gasteiger partial charge in [0.2, 0.25) is 0 Å². The molecular weight excluding hydrogens is 270 g/mol. The highest BCUT2D eigenvalue weighted by molar-refractivity contribution is 5.83. The summed E-state index contributed by atoms with van der Waals surface area (Å²) >= 11 is 0. The Morgan fingerprint density at radius 3 is 2.86 bits per heavy atom. The molecule has 21 heavy (non-hydrogen) atoms. The topological polar surface area (TPSA) is 82.5 Å². The molecule has 2 amide bonds. The number of aryl methyl sites for hydroxylation is 1. The van der Waals surface area contributed by atoms with E-state index in [9.17, 15) is 14.7 Å². The largest absolute Gasteiger partial charge is 0.480 e. The van der Waals surface area contributed by atoms with Crippen LogP contribution in [0.4, 0.5) is 4.79 Å². The Bertz CT molecular complexity index is 515. The van der Waals surface area contributed by atoms with E-state index in [1.165, 1.54) is 4.90 Å². The van der Waals surface area contributed by atoms with Crippen LogP contribution in [0.15, 0.2) is 18.3 Å². The number of pyridine rings is 1. The molecule has 1 saturated heterocycles. The second-order valence-corrected chi connectivity index (χ2v) is 5.56. The maximum Gasteiger partial charge on any atom is 0.326 e. The smallest absolute Gasteiger partial charge is 0.326 e.